The fourth-order valence-electron chi connectivity index (χ4n) is 3.30. The average molecular weight is 281 g/mol. The van der Waals surface area contributed by atoms with Gasteiger partial charge < -0.3 is 16.0 Å². The number of likely N-dealkylation sites (tertiary alicyclic amines) is 1. The Morgan fingerprint density at radius 2 is 1.60 bits per heavy atom. The Kier molecular flexibility index (Phi) is 5.83. The number of nitrogens with zero attached hydrogens (tertiary/aromatic N) is 1. The Bertz CT molecular complexity index is 310. The van der Waals surface area contributed by atoms with Crippen LogP contribution in [0.2, 0.25) is 0 Å². The Balaban J connectivity index is 0.000000160. The van der Waals surface area contributed by atoms with Crippen LogP contribution in [0.3, 0.4) is 0 Å². The Morgan fingerprint density at radius 3 is 2.05 bits per heavy atom. The van der Waals surface area contributed by atoms with Gasteiger partial charge >= 0.3 is 0 Å². The molecule has 5 nitrogen and oxygen atoms in total. The second-order valence-electron chi connectivity index (χ2n) is 6.07. The topological polar surface area (TPSA) is 75.4 Å². The molecule has 1 saturated carbocycles. The van der Waals surface area contributed by atoms with Gasteiger partial charge in [-0.3, -0.25) is 9.59 Å². The second kappa shape index (κ2) is 7.62. The number of carbonyl (C=O) groups excluding carboxylic acids is 2. The van der Waals surface area contributed by atoms with E-state index in [0.717, 1.165) is 45.3 Å². The normalized spacial score (nSPS) is 26.4. The molecule has 20 heavy (non-hydrogen) atoms. The summed E-state index contributed by atoms with van der Waals surface area (Å²) >= 11 is 0. The van der Waals surface area contributed by atoms with Crippen molar-refractivity contribution < 1.29 is 9.59 Å². The lowest BCUT2D eigenvalue weighted by atomic mass is 10.1. The van der Waals surface area contributed by atoms with E-state index in [2.05, 4.69) is 10.2 Å². The fraction of sp³-hybridized carbons (Fsp3) is 0.867. The maximum absolute atomic E-state index is 11.8. The summed E-state index contributed by atoms with van der Waals surface area (Å²) in [5, 5.41) is 2.98. The smallest absolute Gasteiger partial charge is 0.234 e. The van der Waals surface area contributed by atoms with Crippen LogP contribution in [0.1, 0.15) is 51.4 Å². The van der Waals surface area contributed by atoms with Gasteiger partial charge in [0, 0.05) is 19.0 Å². The summed E-state index contributed by atoms with van der Waals surface area (Å²) in [7, 11) is 0. The van der Waals surface area contributed by atoms with Gasteiger partial charge in [0.05, 0.1) is 6.04 Å². The molecule has 0 spiro atoms. The maximum Gasteiger partial charge on any atom is 0.234 e. The average Bonchev–Trinajstić information content (AvgIpc) is 3.19. The van der Waals surface area contributed by atoms with Gasteiger partial charge in [0.15, 0.2) is 0 Å². The highest BCUT2D eigenvalue weighted by Gasteiger charge is 2.28. The molecule has 2 aliphatic heterocycles. The molecule has 0 aromatic rings. The Morgan fingerprint density at radius 1 is 0.950 bits per heavy atom. The van der Waals surface area contributed by atoms with Crippen LogP contribution in [0.25, 0.3) is 0 Å². The zero-order valence-electron chi connectivity index (χ0n) is 12.3. The molecule has 0 bridgehead atoms. The van der Waals surface area contributed by atoms with E-state index in [1.807, 2.05) is 0 Å². The Labute approximate surface area is 121 Å². The molecule has 3 aliphatic rings. The summed E-state index contributed by atoms with van der Waals surface area (Å²) in [6.45, 7) is 2.98. The summed E-state index contributed by atoms with van der Waals surface area (Å²) in [4.78, 5) is 24.2. The predicted molar refractivity (Wildman–Crippen MR) is 78.0 cm³/mol. The van der Waals surface area contributed by atoms with Gasteiger partial charge in [-0.05, 0) is 45.1 Å². The molecule has 2 amide bonds. The Hall–Kier alpha value is -1.10. The van der Waals surface area contributed by atoms with Crippen molar-refractivity contribution in [2.75, 3.05) is 19.6 Å². The van der Waals surface area contributed by atoms with Crippen molar-refractivity contribution in [3.8, 4) is 0 Å². The summed E-state index contributed by atoms with van der Waals surface area (Å²) in [5.41, 5.74) is 5.00. The van der Waals surface area contributed by atoms with Crippen LogP contribution in [0.5, 0.6) is 0 Å². The monoisotopic (exact) mass is 281 g/mol. The molecular formula is C15H27N3O2. The first-order valence-corrected chi connectivity index (χ1v) is 8.00. The number of nitrogens with one attached hydrogen (secondary N) is 1. The van der Waals surface area contributed by atoms with E-state index in [4.69, 9.17) is 5.73 Å². The van der Waals surface area contributed by atoms with Crippen molar-refractivity contribution in [1.82, 2.24) is 10.2 Å². The molecule has 0 unspecified atom stereocenters. The summed E-state index contributed by atoms with van der Waals surface area (Å²) in [5.74, 6) is 0.621. The molecule has 0 aromatic carbocycles. The van der Waals surface area contributed by atoms with Crippen LogP contribution >= 0.6 is 0 Å². The number of amides is 2. The molecule has 2 saturated heterocycles. The van der Waals surface area contributed by atoms with E-state index in [9.17, 15) is 9.59 Å². The van der Waals surface area contributed by atoms with Crippen LogP contribution in [-0.4, -0.2) is 42.4 Å². The molecule has 3 fully saturated rings. The second-order valence-corrected chi connectivity index (χ2v) is 6.07. The van der Waals surface area contributed by atoms with Gasteiger partial charge in [0.2, 0.25) is 11.8 Å². The first-order valence-electron chi connectivity index (χ1n) is 8.00. The zero-order valence-corrected chi connectivity index (χ0v) is 12.3. The highest BCUT2D eigenvalue weighted by atomic mass is 16.2. The lowest BCUT2D eigenvalue weighted by Gasteiger charge is -2.19. The van der Waals surface area contributed by atoms with E-state index < -0.39 is 0 Å². The summed E-state index contributed by atoms with van der Waals surface area (Å²) in [6.07, 6.45) is 9.26. The first-order chi connectivity index (χ1) is 9.68. The minimum Gasteiger partial charge on any atom is -0.368 e. The van der Waals surface area contributed by atoms with Gasteiger partial charge in [0.25, 0.3) is 0 Å². The van der Waals surface area contributed by atoms with Gasteiger partial charge in [-0.15, -0.1) is 0 Å². The number of hydrogen-bond donors (Lipinski definition) is 2. The standard InChI is InChI=1S/C10H17NO.C5H10N2O/c12-10(9-5-1-2-6-9)11-7-3-4-8-11;6-5(8)4-2-1-3-7-4/h9H,1-8H2;4,7H,1-3H2,(H2,6,8)/t;4-/m.0/s1. The molecule has 1 aliphatic carbocycles. The van der Waals surface area contributed by atoms with E-state index in [1.54, 1.807) is 0 Å². The van der Waals surface area contributed by atoms with Crippen LogP contribution in [-0.2, 0) is 9.59 Å². The van der Waals surface area contributed by atoms with Gasteiger partial charge in [0.1, 0.15) is 0 Å². The largest absolute Gasteiger partial charge is 0.368 e. The van der Waals surface area contributed by atoms with Gasteiger partial charge in [-0.25, -0.2) is 0 Å². The number of carbonyl (C=O) groups is 2. The first kappa shape index (κ1) is 15.3. The van der Waals surface area contributed by atoms with Crippen molar-refractivity contribution in [2.24, 2.45) is 11.7 Å². The minimum absolute atomic E-state index is 0.0463. The number of primary amides is 1. The molecule has 3 N–H and O–H groups in total. The highest BCUT2D eigenvalue weighted by Crippen LogP contribution is 2.27. The minimum atomic E-state index is -0.220. The summed E-state index contributed by atoms with van der Waals surface area (Å²) in [6, 6.07) is -0.0463. The number of hydrogen-bond acceptors (Lipinski definition) is 3. The highest BCUT2D eigenvalue weighted by molar-refractivity contribution is 5.80. The molecule has 3 rings (SSSR count). The number of nitrogens with two attached hydrogens (primary N) is 1. The van der Waals surface area contributed by atoms with Gasteiger partial charge in [-0.1, -0.05) is 12.8 Å². The molecule has 2 heterocycles. The van der Waals surface area contributed by atoms with E-state index in [0.29, 0.717) is 11.8 Å². The van der Waals surface area contributed by atoms with Crippen molar-refractivity contribution in [3.63, 3.8) is 0 Å². The number of rotatable bonds is 2. The summed E-state index contributed by atoms with van der Waals surface area (Å²) < 4.78 is 0. The molecule has 1 atom stereocenters. The lowest BCUT2D eigenvalue weighted by Crippen LogP contribution is -2.36. The van der Waals surface area contributed by atoms with Crippen LogP contribution in [0.15, 0.2) is 0 Å². The third kappa shape index (κ3) is 4.20. The fourth-order valence-corrected chi connectivity index (χ4v) is 3.30. The van der Waals surface area contributed by atoms with Crippen molar-refractivity contribution in [1.29, 1.82) is 0 Å². The lowest BCUT2D eigenvalue weighted by molar-refractivity contribution is -0.134. The van der Waals surface area contributed by atoms with Crippen LogP contribution < -0.4 is 11.1 Å². The van der Waals surface area contributed by atoms with Gasteiger partial charge in [-0.2, -0.15) is 0 Å². The maximum atomic E-state index is 11.8. The van der Waals surface area contributed by atoms with Crippen molar-refractivity contribution in [3.05, 3.63) is 0 Å². The predicted octanol–water partition coefficient (Wildman–Crippen LogP) is 1.02. The molecule has 0 aromatic heterocycles. The molecular weight excluding hydrogens is 254 g/mol. The molecule has 114 valence electrons. The van der Waals surface area contributed by atoms with Crippen molar-refractivity contribution in [2.45, 2.75) is 57.4 Å². The zero-order chi connectivity index (χ0) is 14.4. The van der Waals surface area contributed by atoms with Crippen LogP contribution in [0.4, 0.5) is 0 Å². The van der Waals surface area contributed by atoms with Crippen LogP contribution in [0, 0.1) is 5.92 Å². The van der Waals surface area contributed by atoms with E-state index >= 15 is 0 Å². The SMILES string of the molecule is NC(=O)[C@@H]1CCCN1.O=C(C1CCCC1)N1CCCC1. The molecule has 0 radical (unpaired) electrons. The third-order valence-electron chi connectivity index (χ3n) is 4.53. The molecule has 5 heteroatoms. The van der Waals surface area contributed by atoms with E-state index in [1.165, 1.54) is 25.7 Å². The van der Waals surface area contributed by atoms with E-state index in [-0.39, 0.29) is 11.9 Å². The van der Waals surface area contributed by atoms with Crippen molar-refractivity contribution >= 4 is 11.8 Å². The third-order valence-corrected chi connectivity index (χ3v) is 4.53. The quantitative estimate of drug-likeness (QED) is 0.793.